The number of carboxylic acid groups (broad SMARTS) is 1. The summed E-state index contributed by atoms with van der Waals surface area (Å²) >= 11 is 8.01. The highest BCUT2D eigenvalue weighted by Crippen LogP contribution is 2.15. The van der Waals surface area contributed by atoms with Gasteiger partial charge in [0.25, 0.3) is 0 Å². The summed E-state index contributed by atoms with van der Waals surface area (Å²) < 4.78 is 0. The van der Waals surface area contributed by atoms with E-state index in [1.54, 1.807) is 6.07 Å². The zero-order valence-corrected chi connectivity index (χ0v) is 7.27. The van der Waals surface area contributed by atoms with Gasteiger partial charge in [-0.05, 0) is 18.2 Å². The molecule has 2 nitrogen and oxygen atoms in total. The number of carboxylic acids is 1. The van der Waals surface area contributed by atoms with Gasteiger partial charge in [0.2, 0.25) is 0 Å². The van der Waals surface area contributed by atoms with Gasteiger partial charge >= 0.3 is 5.97 Å². The first-order chi connectivity index (χ1) is 5.09. The van der Waals surface area contributed by atoms with E-state index in [2.05, 4.69) is 25.3 Å². The van der Waals surface area contributed by atoms with Crippen molar-refractivity contribution in [3.8, 4) is 0 Å². The van der Waals surface area contributed by atoms with Crippen molar-refractivity contribution >= 4 is 31.2 Å². The van der Waals surface area contributed by atoms with Crippen molar-refractivity contribution in [2.75, 3.05) is 0 Å². The maximum atomic E-state index is 10.4. The number of aromatic carboxylic acids is 1. The van der Waals surface area contributed by atoms with E-state index >= 15 is 0 Å². The van der Waals surface area contributed by atoms with Crippen LogP contribution in [0.25, 0.3) is 0 Å². The van der Waals surface area contributed by atoms with Crippen LogP contribution < -0.4 is 0 Å². The molecule has 0 bridgehead atoms. The highest BCUT2D eigenvalue weighted by Gasteiger charge is 2.02. The second-order valence-electron chi connectivity index (χ2n) is 2.04. The number of rotatable bonds is 1. The fraction of sp³-hybridized carbons (Fsp3) is 0. The first-order valence-electron chi connectivity index (χ1n) is 2.86. The zero-order chi connectivity index (χ0) is 8.43. The van der Waals surface area contributed by atoms with Crippen molar-refractivity contribution in [2.45, 2.75) is 9.79 Å². The number of hydrogen-bond acceptors (Lipinski definition) is 3. The smallest absolute Gasteiger partial charge is 0.335 e. The molecule has 1 aromatic rings. The maximum Gasteiger partial charge on any atom is 0.335 e. The Morgan fingerprint density at radius 3 is 2.00 bits per heavy atom. The molecule has 0 saturated carbocycles. The molecule has 1 rings (SSSR count). The second-order valence-corrected chi connectivity index (χ2v) is 3.08. The molecule has 0 unspecified atom stereocenters. The molecule has 0 atom stereocenters. The molecule has 0 spiro atoms. The Morgan fingerprint density at radius 1 is 1.18 bits per heavy atom. The van der Waals surface area contributed by atoms with Gasteiger partial charge in [-0.3, -0.25) is 0 Å². The Balaban J connectivity index is 3.19. The Labute approximate surface area is 75.1 Å². The molecule has 0 aliphatic heterocycles. The molecule has 0 saturated heterocycles. The van der Waals surface area contributed by atoms with Crippen LogP contribution in [0.15, 0.2) is 28.0 Å². The molecule has 0 amide bonds. The van der Waals surface area contributed by atoms with Crippen LogP contribution in [0.2, 0.25) is 0 Å². The predicted octanol–water partition coefficient (Wildman–Crippen LogP) is 1.96. The third-order valence-corrected chi connectivity index (χ3v) is 1.67. The predicted molar refractivity (Wildman–Crippen MR) is 47.9 cm³/mol. The maximum absolute atomic E-state index is 10.4. The van der Waals surface area contributed by atoms with E-state index in [4.69, 9.17) is 5.11 Å². The highest BCUT2D eigenvalue weighted by molar-refractivity contribution is 7.81. The fourth-order valence-corrected chi connectivity index (χ4v) is 1.38. The molecule has 0 aliphatic carbocycles. The largest absolute Gasteiger partial charge is 0.478 e. The van der Waals surface area contributed by atoms with Crippen LogP contribution in [-0.2, 0) is 0 Å². The van der Waals surface area contributed by atoms with Crippen LogP contribution in [0.3, 0.4) is 0 Å². The molecular weight excluding hydrogens is 180 g/mol. The van der Waals surface area contributed by atoms with E-state index in [1.165, 1.54) is 12.1 Å². The molecule has 0 aromatic heterocycles. The summed E-state index contributed by atoms with van der Waals surface area (Å²) in [5.74, 6) is -0.962. The lowest BCUT2D eigenvalue weighted by Crippen LogP contribution is -1.95. The van der Waals surface area contributed by atoms with Crippen molar-refractivity contribution in [2.24, 2.45) is 0 Å². The van der Waals surface area contributed by atoms with Gasteiger partial charge in [-0.2, -0.15) is 0 Å². The van der Waals surface area contributed by atoms with Gasteiger partial charge in [0.1, 0.15) is 0 Å². The molecule has 1 N–H and O–H groups in total. The SMILES string of the molecule is O=C(O)c1cc(S)cc(S)c1. The summed E-state index contributed by atoms with van der Waals surface area (Å²) in [5, 5.41) is 8.57. The molecule has 1 aromatic carbocycles. The second kappa shape index (κ2) is 3.19. The fourth-order valence-electron chi connectivity index (χ4n) is 0.719. The van der Waals surface area contributed by atoms with Crippen molar-refractivity contribution in [3.05, 3.63) is 23.8 Å². The van der Waals surface area contributed by atoms with E-state index in [1.807, 2.05) is 0 Å². The van der Waals surface area contributed by atoms with Crippen molar-refractivity contribution in [1.82, 2.24) is 0 Å². The zero-order valence-electron chi connectivity index (χ0n) is 5.48. The van der Waals surface area contributed by atoms with Gasteiger partial charge in [-0.25, -0.2) is 4.79 Å². The first-order valence-corrected chi connectivity index (χ1v) is 3.75. The van der Waals surface area contributed by atoms with Gasteiger partial charge in [0.05, 0.1) is 5.56 Å². The normalized spacial score (nSPS) is 9.64. The average molecular weight is 186 g/mol. The molecule has 0 aliphatic rings. The summed E-state index contributed by atoms with van der Waals surface area (Å²) in [6.07, 6.45) is 0. The topological polar surface area (TPSA) is 37.3 Å². The van der Waals surface area contributed by atoms with E-state index in [0.29, 0.717) is 9.79 Å². The van der Waals surface area contributed by atoms with Crippen molar-refractivity contribution in [1.29, 1.82) is 0 Å². The summed E-state index contributed by atoms with van der Waals surface area (Å²) in [6, 6.07) is 4.63. The molecule has 58 valence electrons. The highest BCUT2D eigenvalue weighted by atomic mass is 32.1. The molecule has 0 fully saturated rings. The lowest BCUT2D eigenvalue weighted by Gasteiger charge is -1.97. The minimum Gasteiger partial charge on any atom is -0.478 e. The average Bonchev–Trinajstić information content (AvgIpc) is 1.85. The van der Waals surface area contributed by atoms with Gasteiger partial charge in [-0.15, -0.1) is 25.3 Å². The van der Waals surface area contributed by atoms with E-state index < -0.39 is 5.97 Å². The quantitative estimate of drug-likeness (QED) is 0.586. The van der Waals surface area contributed by atoms with E-state index in [-0.39, 0.29) is 5.56 Å². The summed E-state index contributed by atoms with van der Waals surface area (Å²) in [5.41, 5.74) is 0.211. The molecule has 4 heteroatoms. The van der Waals surface area contributed by atoms with Crippen molar-refractivity contribution in [3.63, 3.8) is 0 Å². The Kier molecular flexibility index (Phi) is 2.46. The first kappa shape index (κ1) is 8.49. The number of benzene rings is 1. The number of carbonyl (C=O) groups is 1. The minimum atomic E-state index is -0.962. The van der Waals surface area contributed by atoms with Gasteiger partial charge in [0, 0.05) is 9.79 Å². The van der Waals surface area contributed by atoms with E-state index in [0.717, 1.165) is 0 Å². The van der Waals surface area contributed by atoms with Crippen LogP contribution in [0.5, 0.6) is 0 Å². The third kappa shape index (κ3) is 2.17. The number of hydrogen-bond donors (Lipinski definition) is 3. The van der Waals surface area contributed by atoms with Gasteiger partial charge < -0.3 is 5.11 Å². The van der Waals surface area contributed by atoms with Gasteiger partial charge in [-0.1, -0.05) is 0 Å². The van der Waals surface area contributed by atoms with Crippen LogP contribution in [0.4, 0.5) is 0 Å². The molecular formula is C7H6O2S2. The monoisotopic (exact) mass is 186 g/mol. The summed E-state index contributed by atoms with van der Waals surface area (Å²) in [6.45, 7) is 0. The van der Waals surface area contributed by atoms with E-state index in [9.17, 15) is 4.79 Å². The number of thiol groups is 2. The standard InChI is InChI=1S/C7H6O2S2/c8-7(9)4-1-5(10)3-6(11)2-4/h1-3,10-11H,(H,8,9). The Morgan fingerprint density at radius 2 is 1.64 bits per heavy atom. The Hall–Kier alpha value is -0.610. The van der Waals surface area contributed by atoms with Crippen molar-refractivity contribution < 1.29 is 9.90 Å². The molecule has 0 heterocycles. The lowest BCUT2D eigenvalue weighted by atomic mass is 10.2. The van der Waals surface area contributed by atoms with Crippen LogP contribution in [0, 0.1) is 0 Å². The summed E-state index contributed by atoms with van der Waals surface area (Å²) in [7, 11) is 0. The molecule has 0 radical (unpaired) electrons. The Bertz CT molecular complexity index is 276. The van der Waals surface area contributed by atoms with Crippen LogP contribution in [0.1, 0.15) is 10.4 Å². The third-order valence-electron chi connectivity index (χ3n) is 1.15. The molecule has 11 heavy (non-hydrogen) atoms. The van der Waals surface area contributed by atoms with Gasteiger partial charge in [0.15, 0.2) is 0 Å². The van der Waals surface area contributed by atoms with Crippen LogP contribution >= 0.6 is 25.3 Å². The lowest BCUT2D eigenvalue weighted by molar-refractivity contribution is 0.0696. The minimum absolute atomic E-state index is 0.211. The summed E-state index contributed by atoms with van der Waals surface area (Å²) in [4.78, 5) is 11.7. The van der Waals surface area contributed by atoms with Crippen LogP contribution in [-0.4, -0.2) is 11.1 Å².